The van der Waals surface area contributed by atoms with Gasteiger partial charge >= 0.3 is 5.97 Å². The number of benzene rings is 3. The predicted molar refractivity (Wildman–Crippen MR) is 160 cm³/mol. The van der Waals surface area contributed by atoms with Crippen molar-refractivity contribution in [3.8, 4) is 0 Å². The van der Waals surface area contributed by atoms with Gasteiger partial charge in [-0.3, -0.25) is 9.69 Å². The quantitative estimate of drug-likeness (QED) is 0.293. The Balaban J connectivity index is 1.49. The first kappa shape index (κ1) is 28.0. The highest BCUT2D eigenvalue weighted by atomic mass is 35.5. The number of carbonyl (C=O) groups is 2. The van der Waals surface area contributed by atoms with E-state index in [4.69, 9.17) is 23.2 Å². The SMILES string of the molecule is CCN(C[C@@H]1CN(CC2CCC2)[C@@]2(C(=O)Nc3cc(Cl)ccc32)[C@H]1c1cccc(Cl)c1F)c1ccc(C(=O)O)cc1. The van der Waals surface area contributed by atoms with Gasteiger partial charge in [-0.2, -0.15) is 0 Å². The first-order valence-corrected chi connectivity index (χ1v) is 14.9. The molecule has 1 aliphatic carbocycles. The fourth-order valence-corrected chi connectivity index (χ4v) is 7.46. The molecule has 41 heavy (non-hydrogen) atoms. The molecular formula is C32H32Cl2FN3O3. The molecule has 2 N–H and O–H groups in total. The van der Waals surface area contributed by atoms with Crippen LogP contribution in [0.5, 0.6) is 0 Å². The zero-order valence-corrected chi connectivity index (χ0v) is 24.3. The summed E-state index contributed by atoms with van der Waals surface area (Å²) in [6.45, 7) is 4.56. The highest BCUT2D eigenvalue weighted by molar-refractivity contribution is 6.31. The van der Waals surface area contributed by atoms with Gasteiger partial charge in [0, 0.05) is 54.1 Å². The molecule has 3 aromatic rings. The van der Waals surface area contributed by atoms with Crippen molar-refractivity contribution in [2.24, 2.45) is 11.8 Å². The Morgan fingerprint density at radius 3 is 2.56 bits per heavy atom. The number of carboxylic acids is 1. The number of hydrogen-bond acceptors (Lipinski definition) is 4. The van der Waals surface area contributed by atoms with Crippen molar-refractivity contribution in [3.05, 3.63) is 93.2 Å². The lowest BCUT2D eigenvalue weighted by atomic mass is 9.71. The van der Waals surface area contributed by atoms with E-state index in [1.54, 1.807) is 48.5 Å². The van der Waals surface area contributed by atoms with E-state index >= 15 is 4.39 Å². The lowest BCUT2D eigenvalue weighted by Crippen LogP contribution is -2.52. The minimum absolute atomic E-state index is 0.0279. The van der Waals surface area contributed by atoms with Crippen LogP contribution in [0.15, 0.2) is 60.7 Å². The van der Waals surface area contributed by atoms with Crippen molar-refractivity contribution < 1.29 is 19.1 Å². The minimum atomic E-state index is -1.13. The molecule has 6 rings (SSSR count). The molecule has 1 amide bonds. The summed E-state index contributed by atoms with van der Waals surface area (Å²) in [5.74, 6) is -1.85. The number of carbonyl (C=O) groups excluding carboxylic acids is 1. The van der Waals surface area contributed by atoms with E-state index in [0.29, 0.717) is 41.8 Å². The van der Waals surface area contributed by atoms with Gasteiger partial charge in [-0.15, -0.1) is 0 Å². The molecule has 9 heteroatoms. The number of fused-ring (bicyclic) bond motifs is 2. The second-order valence-corrected chi connectivity index (χ2v) is 12.2. The average molecular weight is 597 g/mol. The Labute approximate surface area is 249 Å². The molecule has 1 saturated heterocycles. The molecule has 6 nitrogen and oxygen atoms in total. The van der Waals surface area contributed by atoms with Crippen molar-refractivity contribution in [2.45, 2.75) is 37.6 Å². The number of carboxylic acid groups (broad SMARTS) is 1. The normalized spacial score (nSPS) is 23.9. The van der Waals surface area contributed by atoms with E-state index in [2.05, 4.69) is 15.1 Å². The van der Waals surface area contributed by atoms with Crippen LogP contribution >= 0.6 is 23.2 Å². The summed E-state index contributed by atoms with van der Waals surface area (Å²) in [6, 6.07) is 17.3. The lowest BCUT2D eigenvalue weighted by molar-refractivity contribution is -0.127. The first-order chi connectivity index (χ1) is 19.7. The Bertz CT molecular complexity index is 1500. The summed E-state index contributed by atoms with van der Waals surface area (Å²) in [5.41, 5.74) is 1.86. The van der Waals surface area contributed by atoms with Gasteiger partial charge in [-0.1, -0.05) is 47.8 Å². The number of nitrogens with zero attached hydrogens (tertiary/aromatic N) is 2. The maximum absolute atomic E-state index is 16.0. The van der Waals surface area contributed by atoms with Crippen LogP contribution in [0.2, 0.25) is 10.0 Å². The molecule has 2 aliphatic heterocycles. The molecule has 3 aliphatic rings. The summed E-state index contributed by atoms with van der Waals surface area (Å²) in [6.07, 6.45) is 3.40. The highest BCUT2D eigenvalue weighted by Gasteiger charge is 2.64. The molecule has 0 radical (unpaired) electrons. The summed E-state index contributed by atoms with van der Waals surface area (Å²) < 4.78 is 16.0. The fourth-order valence-electron chi connectivity index (χ4n) is 7.11. The van der Waals surface area contributed by atoms with Crippen molar-refractivity contribution in [2.75, 3.05) is 36.4 Å². The number of hydrogen-bond donors (Lipinski definition) is 2. The number of aromatic carboxylic acids is 1. The second kappa shape index (κ2) is 10.9. The zero-order valence-electron chi connectivity index (χ0n) is 22.7. The van der Waals surface area contributed by atoms with E-state index in [9.17, 15) is 14.7 Å². The van der Waals surface area contributed by atoms with Gasteiger partial charge in [0.2, 0.25) is 5.91 Å². The largest absolute Gasteiger partial charge is 0.478 e. The molecule has 0 bridgehead atoms. The summed E-state index contributed by atoms with van der Waals surface area (Å²) in [5, 5.41) is 13.0. The fraction of sp³-hybridized carbons (Fsp3) is 0.375. The van der Waals surface area contributed by atoms with E-state index in [0.717, 1.165) is 30.6 Å². The highest BCUT2D eigenvalue weighted by Crippen LogP contribution is 2.58. The van der Waals surface area contributed by atoms with Crippen LogP contribution in [0.25, 0.3) is 0 Å². The summed E-state index contributed by atoms with van der Waals surface area (Å²) in [7, 11) is 0. The minimum Gasteiger partial charge on any atom is -0.478 e. The van der Waals surface area contributed by atoms with Crippen LogP contribution in [0.4, 0.5) is 15.8 Å². The number of nitrogens with one attached hydrogen (secondary N) is 1. The van der Waals surface area contributed by atoms with Crippen LogP contribution in [0.3, 0.4) is 0 Å². The number of rotatable bonds is 8. The molecular weight excluding hydrogens is 564 g/mol. The van der Waals surface area contributed by atoms with Crippen molar-refractivity contribution in [1.82, 2.24) is 4.90 Å². The van der Waals surface area contributed by atoms with Crippen molar-refractivity contribution in [3.63, 3.8) is 0 Å². The Morgan fingerprint density at radius 1 is 1.15 bits per heavy atom. The monoisotopic (exact) mass is 595 g/mol. The van der Waals surface area contributed by atoms with E-state index < -0.39 is 23.2 Å². The maximum atomic E-state index is 16.0. The van der Waals surface area contributed by atoms with E-state index in [1.165, 1.54) is 12.5 Å². The molecule has 0 unspecified atom stereocenters. The van der Waals surface area contributed by atoms with Gasteiger partial charge in [-0.05, 0) is 79.6 Å². The smallest absolute Gasteiger partial charge is 0.335 e. The van der Waals surface area contributed by atoms with Crippen LogP contribution < -0.4 is 10.2 Å². The van der Waals surface area contributed by atoms with Gasteiger partial charge < -0.3 is 15.3 Å². The molecule has 2 heterocycles. The molecule has 2 fully saturated rings. The Hall–Kier alpha value is -3.13. The molecule has 1 saturated carbocycles. The topological polar surface area (TPSA) is 72.9 Å². The molecule has 1 spiro atoms. The number of likely N-dealkylation sites (tertiary alicyclic amines) is 1. The maximum Gasteiger partial charge on any atom is 0.335 e. The molecule has 214 valence electrons. The Kier molecular flexibility index (Phi) is 7.47. The molecule has 0 aromatic heterocycles. The number of amides is 1. The van der Waals surface area contributed by atoms with Crippen LogP contribution in [-0.4, -0.2) is 48.1 Å². The molecule has 3 aromatic carbocycles. The Morgan fingerprint density at radius 2 is 1.90 bits per heavy atom. The van der Waals surface area contributed by atoms with E-state index in [1.807, 2.05) is 13.0 Å². The van der Waals surface area contributed by atoms with Crippen molar-refractivity contribution >= 4 is 46.5 Å². The number of anilines is 2. The van der Waals surface area contributed by atoms with Gasteiger partial charge in [0.05, 0.1) is 10.6 Å². The zero-order chi connectivity index (χ0) is 28.9. The van der Waals surface area contributed by atoms with E-state index in [-0.39, 0.29) is 22.4 Å². The number of halogens is 3. The summed E-state index contributed by atoms with van der Waals surface area (Å²) >= 11 is 12.7. The third kappa shape index (κ3) is 4.68. The first-order valence-electron chi connectivity index (χ1n) is 14.1. The lowest BCUT2D eigenvalue weighted by Gasteiger charge is -2.41. The van der Waals surface area contributed by atoms with Gasteiger partial charge in [-0.25, -0.2) is 9.18 Å². The standard InChI is InChI=1S/C32H32Cl2FN3O3/c1-2-37(23-12-9-20(10-13-23)30(39)40)17-21-18-38(16-19-5-3-6-19)32(28(21)24-7-4-8-26(34)29(24)35)25-14-11-22(33)15-27(25)36-31(32)41/h4,7-15,19,21,28H,2-3,5-6,16-18H2,1H3,(H,36,41)(H,39,40)/t21-,28-,32-/m1/s1. The second-order valence-electron chi connectivity index (χ2n) is 11.4. The third-order valence-corrected chi connectivity index (χ3v) is 9.72. The van der Waals surface area contributed by atoms with Crippen LogP contribution in [-0.2, 0) is 10.3 Å². The van der Waals surface area contributed by atoms with Crippen LogP contribution in [0, 0.1) is 17.7 Å². The molecule has 3 atom stereocenters. The van der Waals surface area contributed by atoms with Gasteiger partial charge in [0.1, 0.15) is 11.4 Å². The van der Waals surface area contributed by atoms with Gasteiger partial charge in [0.25, 0.3) is 0 Å². The predicted octanol–water partition coefficient (Wildman–Crippen LogP) is 7.02. The van der Waals surface area contributed by atoms with Crippen LogP contribution in [0.1, 0.15) is 53.6 Å². The third-order valence-electron chi connectivity index (χ3n) is 9.20. The van der Waals surface area contributed by atoms with Crippen molar-refractivity contribution in [1.29, 1.82) is 0 Å². The van der Waals surface area contributed by atoms with Gasteiger partial charge in [0.15, 0.2) is 0 Å². The average Bonchev–Trinajstić information content (AvgIpc) is 3.40. The summed E-state index contributed by atoms with van der Waals surface area (Å²) in [4.78, 5) is 30.2.